The summed E-state index contributed by atoms with van der Waals surface area (Å²) in [5.41, 5.74) is 2.29. The average molecular weight is 551 g/mol. The van der Waals surface area contributed by atoms with E-state index in [9.17, 15) is 8.42 Å². The summed E-state index contributed by atoms with van der Waals surface area (Å²) in [5.74, 6) is 1.53. The highest BCUT2D eigenvalue weighted by atomic mass is 127. The predicted octanol–water partition coefficient (Wildman–Crippen LogP) is 4.01. The fourth-order valence-electron chi connectivity index (χ4n) is 4.05. The third-order valence-corrected chi connectivity index (χ3v) is 6.91. The summed E-state index contributed by atoms with van der Waals surface area (Å²) >= 11 is 0. The lowest BCUT2D eigenvalue weighted by Crippen LogP contribution is -2.46. The SMILES string of the molecule is CN=C(NCc1ccc(CS(=O)(=O)NC(C)C)cc1)NCC1(CC(C)C)CCC1.I. The summed E-state index contributed by atoms with van der Waals surface area (Å²) in [7, 11) is -1.51. The van der Waals surface area contributed by atoms with Crippen LogP contribution in [0.4, 0.5) is 0 Å². The van der Waals surface area contributed by atoms with Gasteiger partial charge in [0.05, 0.1) is 5.75 Å². The van der Waals surface area contributed by atoms with Crippen LogP contribution in [0.15, 0.2) is 29.3 Å². The van der Waals surface area contributed by atoms with Gasteiger partial charge in [0.2, 0.25) is 10.0 Å². The highest BCUT2D eigenvalue weighted by molar-refractivity contribution is 14.0. The molecule has 3 N–H and O–H groups in total. The van der Waals surface area contributed by atoms with Crippen molar-refractivity contribution in [3.05, 3.63) is 35.4 Å². The Kier molecular flexibility index (Phi) is 11.1. The van der Waals surface area contributed by atoms with E-state index >= 15 is 0 Å². The first-order valence-electron chi connectivity index (χ1n) is 10.7. The largest absolute Gasteiger partial charge is 0.356 e. The summed E-state index contributed by atoms with van der Waals surface area (Å²) in [6.07, 6.45) is 5.18. The molecule has 1 aromatic rings. The average Bonchev–Trinajstić information content (AvgIpc) is 2.58. The van der Waals surface area contributed by atoms with Gasteiger partial charge in [-0.15, -0.1) is 24.0 Å². The van der Waals surface area contributed by atoms with Crippen molar-refractivity contribution in [1.82, 2.24) is 15.4 Å². The van der Waals surface area contributed by atoms with Crippen molar-refractivity contribution in [3.63, 3.8) is 0 Å². The molecule has 1 aromatic carbocycles. The Labute approximate surface area is 200 Å². The Balaban J connectivity index is 0.00000450. The van der Waals surface area contributed by atoms with Gasteiger partial charge in [-0.25, -0.2) is 13.1 Å². The van der Waals surface area contributed by atoms with E-state index in [1.165, 1.54) is 25.7 Å². The van der Waals surface area contributed by atoms with Crippen LogP contribution in [0.25, 0.3) is 0 Å². The first-order chi connectivity index (χ1) is 13.6. The van der Waals surface area contributed by atoms with Gasteiger partial charge in [0.25, 0.3) is 0 Å². The van der Waals surface area contributed by atoms with E-state index in [-0.39, 0.29) is 35.8 Å². The molecule has 0 saturated heterocycles. The van der Waals surface area contributed by atoms with Gasteiger partial charge in [0, 0.05) is 26.2 Å². The van der Waals surface area contributed by atoms with Crippen molar-refractivity contribution in [1.29, 1.82) is 0 Å². The van der Waals surface area contributed by atoms with Crippen molar-refractivity contribution in [2.24, 2.45) is 16.3 Å². The number of halogens is 1. The number of hydrogen-bond acceptors (Lipinski definition) is 3. The third-order valence-electron chi connectivity index (χ3n) is 5.36. The van der Waals surface area contributed by atoms with E-state index in [0.29, 0.717) is 17.9 Å². The molecule has 0 heterocycles. The van der Waals surface area contributed by atoms with E-state index in [1.807, 2.05) is 38.1 Å². The smallest absolute Gasteiger partial charge is 0.216 e. The molecule has 6 nitrogen and oxygen atoms in total. The fourth-order valence-corrected chi connectivity index (χ4v) is 5.48. The molecule has 172 valence electrons. The second kappa shape index (κ2) is 12.2. The number of guanidine groups is 1. The standard InChI is InChI=1S/C22H38N4O2S.HI/c1-17(2)13-22(11-6-12-22)16-25-21(23-5)24-14-19-7-9-20(10-8-19)15-29(27,28)26-18(3)4;/h7-10,17-18,26H,6,11-16H2,1-5H3,(H2,23,24,25);1H. The molecule has 0 spiro atoms. The topological polar surface area (TPSA) is 82.6 Å². The maximum absolute atomic E-state index is 12.1. The van der Waals surface area contributed by atoms with Crippen molar-refractivity contribution < 1.29 is 8.42 Å². The number of benzene rings is 1. The second-order valence-corrected chi connectivity index (χ2v) is 10.8. The van der Waals surface area contributed by atoms with E-state index in [1.54, 1.807) is 7.05 Å². The minimum Gasteiger partial charge on any atom is -0.356 e. The van der Waals surface area contributed by atoms with Gasteiger partial charge < -0.3 is 10.6 Å². The molecule has 1 fully saturated rings. The number of hydrogen-bond donors (Lipinski definition) is 3. The van der Waals surface area contributed by atoms with Gasteiger partial charge in [-0.3, -0.25) is 4.99 Å². The Morgan fingerprint density at radius 2 is 1.67 bits per heavy atom. The van der Waals surface area contributed by atoms with Crippen LogP contribution < -0.4 is 15.4 Å². The normalized spacial score (nSPS) is 16.2. The number of aliphatic imine (C=N–C) groups is 1. The second-order valence-electron chi connectivity index (χ2n) is 9.08. The van der Waals surface area contributed by atoms with Crippen molar-refractivity contribution in [2.75, 3.05) is 13.6 Å². The van der Waals surface area contributed by atoms with E-state index < -0.39 is 10.0 Å². The molecule has 0 unspecified atom stereocenters. The Bertz CT molecular complexity index is 773. The number of rotatable bonds is 10. The Morgan fingerprint density at radius 3 is 2.13 bits per heavy atom. The highest BCUT2D eigenvalue weighted by Crippen LogP contribution is 2.45. The molecule has 8 heteroatoms. The molecule has 0 bridgehead atoms. The molecule has 1 aliphatic rings. The molecular weight excluding hydrogens is 511 g/mol. The summed E-state index contributed by atoms with van der Waals surface area (Å²) in [6, 6.07) is 7.58. The first kappa shape index (κ1) is 27.2. The van der Waals surface area contributed by atoms with Crippen molar-refractivity contribution in [2.45, 2.75) is 71.7 Å². The monoisotopic (exact) mass is 550 g/mol. The van der Waals surface area contributed by atoms with Gasteiger partial charge in [0.1, 0.15) is 0 Å². The zero-order valence-electron chi connectivity index (χ0n) is 19.0. The Hall–Kier alpha value is -0.870. The lowest BCUT2D eigenvalue weighted by atomic mass is 9.64. The molecule has 2 rings (SSSR count). The minimum absolute atomic E-state index is 0. The van der Waals surface area contributed by atoms with Gasteiger partial charge in [-0.1, -0.05) is 44.5 Å². The number of nitrogens with zero attached hydrogens (tertiary/aromatic N) is 1. The van der Waals surface area contributed by atoms with Crippen LogP contribution in [0.3, 0.4) is 0 Å². The van der Waals surface area contributed by atoms with E-state index in [0.717, 1.165) is 23.6 Å². The van der Waals surface area contributed by atoms with Crippen molar-refractivity contribution in [3.8, 4) is 0 Å². The van der Waals surface area contributed by atoms with E-state index in [4.69, 9.17) is 0 Å². The minimum atomic E-state index is -3.30. The number of nitrogens with one attached hydrogen (secondary N) is 3. The molecule has 0 radical (unpaired) electrons. The molecule has 0 aliphatic heterocycles. The van der Waals surface area contributed by atoms with Gasteiger partial charge in [-0.05, 0) is 55.6 Å². The van der Waals surface area contributed by atoms with E-state index in [2.05, 4.69) is 34.2 Å². The lowest BCUT2D eigenvalue weighted by molar-refractivity contribution is 0.104. The van der Waals surface area contributed by atoms with Crippen LogP contribution in [0.2, 0.25) is 0 Å². The highest BCUT2D eigenvalue weighted by Gasteiger charge is 2.37. The van der Waals surface area contributed by atoms with Crippen LogP contribution >= 0.6 is 24.0 Å². The maximum Gasteiger partial charge on any atom is 0.216 e. The van der Waals surface area contributed by atoms with Gasteiger partial charge >= 0.3 is 0 Å². The van der Waals surface area contributed by atoms with Crippen LogP contribution in [-0.2, 0) is 22.3 Å². The maximum atomic E-state index is 12.1. The summed E-state index contributed by atoms with van der Waals surface area (Å²) in [4.78, 5) is 4.34. The molecule has 1 aliphatic carbocycles. The summed E-state index contributed by atoms with van der Waals surface area (Å²) in [5, 5.41) is 6.86. The zero-order chi connectivity index (χ0) is 21.5. The third kappa shape index (κ3) is 9.09. The number of sulfonamides is 1. The molecule has 0 atom stereocenters. The summed E-state index contributed by atoms with van der Waals surface area (Å²) < 4.78 is 26.7. The zero-order valence-corrected chi connectivity index (χ0v) is 22.1. The van der Waals surface area contributed by atoms with Crippen LogP contribution in [-0.4, -0.2) is 34.0 Å². The molecular formula is C22H39IN4O2S. The fraction of sp³-hybridized carbons (Fsp3) is 0.682. The lowest BCUT2D eigenvalue weighted by Gasteiger charge is -2.43. The quantitative estimate of drug-likeness (QED) is 0.234. The van der Waals surface area contributed by atoms with Crippen LogP contribution in [0.5, 0.6) is 0 Å². The Morgan fingerprint density at radius 1 is 1.07 bits per heavy atom. The van der Waals surface area contributed by atoms with Crippen molar-refractivity contribution >= 4 is 40.0 Å². The molecule has 0 amide bonds. The summed E-state index contributed by atoms with van der Waals surface area (Å²) in [6.45, 7) is 9.84. The molecule has 30 heavy (non-hydrogen) atoms. The van der Waals surface area contributed by atoms with Gasteiger partial charge in [-0.2, -0.15) is 0 Å². The molecule has 1 saturated carbocycles. The first-order valence-corrected chi connectivity index (χ1v) is 12.3. The predicted molar refractivity (Wildman–Crippen MR) is 137 cm³/mol. The van der Waals surface area contributed by atoms with Crippen LogP contribution in [0.1, 0.15) is 64.5 Å². The van der Waals surface area contributed by atoms with Gasteiger partial charge in [0.15, 0.2) is 5.96 Å². The molecule has 0 aromatic heterocycles. The van der Waals surface area contributed by atoms with Crippen LogP contribution in [0, 0.1) is 11.3 Å².